The number of para-hydroxylation sites is 2. The van der Waals surface area contributed by atoms with Crippen LogP contribution in [0.5, 0.6) is 5.75 Å². The predicted molar refractivity (Wildman–Crippen MR) is 105 cm³/mol. The lowest BCUT2D eigenvalue weighted by molar-refractivity contribution is -0.124. The molecule has 27 heavy (non-hydrogen) atoms. The summed E-state index contributed by atoms with van der Waals surface area (Å²) in [7, 11) is 0. The van der Waals surface area contributed by atoms with Gasteiger partial charge in [0.25, 0.3) is 0 Å². The summed E-state index contributed by atoms with van der Waals surface area (Å²) < 4.78 is 5.64. The minimum absolute atomic E-state index is 0.0541. The lowest BCUT2D eigenvalue weighted by atomic mass is 9.98. The van der Waals surface area contributed by atoms with Gasteiger partial charge in [-0.25, -0.2) is 4.79 Å². The molecule has 6 heteroatoms. The highest BCUT2D eigenvalue weighted by atomic mass is 16.5. The lowest BCUT2D eigenvalue weighted by Crippen LogP contribution is -2.51. The summed E-state index contributed by atoms with van der Waals surface area (Å²) in [6, 6.07) is 15.7. The lowest BCUT2D eigenvalue weighted by Gasteiger charge is -2.29. The molecule has 0 bridgehead atoms. The molecule has 0 aromatic heterocycles. The van der Waals surface area contributed by atoms with Gasteiger partial charge in [-0.05, 0) is 24.1 Å². The van der Waals surface area contributed by atoms with Gasteiger partial charge in [-0.1, -0.05) is 50.2 Å². The third-order valence-electron chi connectivity index (χ3n) is 4.54. The molecule has 0 saturated heterocycles. The first-order valence-corrected chi connectivity index (χ1v) is 9.19. The Kier molecular flexibility index (Phi) is 5.96. The van der Waals surface area contributed by atoms with Gasteiger partial charge in [0.1, 0.15) is 11.8 Å². The molecule has 3 amide bonds. The number of hydrogen-bond acceptors (Lipinski definition) is 3. The Morgan fingerprint density at radius 1 is 1.04 bits per heavy atom. The van der Waals surface area contributed by atoms with Gasteiger partial charge >= 0.3 is 6.03 Å². The van der Waals surface area contributed by atoms with Crippen molar-refractivity contribution in [1.29, 1.82) is 0 Å². The molecular formula is C21H25N3O3. The largest absolute Gasteiger partial charge is 0.493 e. The van der Waals surface area contributed by atoms with E-state index in [1.807, 2.05) is 56.3 Å². The first-order chi connectivity index (χ1) is 13.0. The Bertz CT molecular complexity index is 792. The van der Waals surface area contributed by atoms with Crippen LogP contribution in [-0.4, -0.2) is 24.6 Å². The molecule has 0 unspecified atom stereocenters. The molecular weight excluding hydrogens is 342 g/mol. The fourth-order valence-corrected chi connectivity index (χ4v) is 3.12. The van der Waals surface area contributed by atoms with E-state index in [0.717, 1.165) is 11.3 Å². The Balaban J connectivity index is 1.65. The number of hydrogen-bond donors (Lipinski definition) is 3. The fraction of sp³-hybridized carbons (Fsp3) is 0.333. The SMILES string of the molecule is CC(C)[C@@H](NC(=O)Nc1ccccc1)C(=O)N[C@@H]1CCOc2ccccc21. The van der Waals surface area contributed by atoms with E-state index in [4.69, 9.17) is 4.74 Å². The van der Waals surface area contributed by atoms with E-state index in [1.54, 1.807) is 12.1 Å². The Morgan fingerprint density at radius 3 is 2.48 bits per heavy atom. The van der Waals surface area contributed by atoms with Crippen molar-refractivity contribution >= 4 is 17.6 Å². The average molecular weight is 367 g/mol. The molecule has 142 valence electrons. The molecule has 0 spiro atoms. The maximum atomic E-state index is 12.9. The topological polar surface area (TPSA) is 79.5 Å². The van der Waals surface area contributed by atoms with E-state index in [0.29, 0.717) is 18.7 Å². The number of ether oxygens (including phenoxy) is 1. The fourth-order valence-electron chi connectivity index (χ4n) is 3.12. The number of amides is 3. The van der Waals surface area contributed by atoms with Crippen molar-refractivity contribution in [1.82, 2.24) is 10.6 Å². The summed E-state index contributed by atoms with van der Waals surface area (Å²) in [6.45, 7) is 4.37. The molecule has 1 heterocycles. The van der Waals surface area contributed by atoms with E-state index >= 15 is 0 Å². The minimum atomic E-state index is -0.635. The normalized spacial score (nSPS) is 16.6. The highest BCUT2D eigenvalue weighted by molar-refractivity contribution is 5.93. The first-order valence-electron chi connectivity index (χ1n) is 9.19. The first kappa shape index (κ1) is 18.8. The molecule has 0 radical (unpaired) electrons. The summed E-state index contributed by atoms with van der Waals surface area (Å²) in [4.78, 5) is 25.2. The monoisotopic (exact) mass is 367 g/mol. The van der Waals surface area contributed by atoms with Crippen LogP contribution < -0.4 is 20.7 Å². The number of benzene rings is 2. The molecule has 2 atom stereocenters. The van der Waals surface area contributed by atoms with E-state index in [-0.39, 0.29) is 17.9 Å². The van der Waals surface area contributed by atoms with E-state index < -0.39 is 12.1 Å². The molecule has 0 fully saturated rings. The zero-order valence-corrected chi connectivity index (χ0v) is 15.6. The van der Waals surface area contributed by atoms with Gasteiger partial charge in [0.15, 0.2) is 0 Å². The third kappa shape index (κ3) is 4.78. The van der Waals surface area contributed by atoms with Crippen molar-refractivity contribution < 1.29 is 14.3 Å². The standard InChI is InChI=1S/C21H25N3O3/c1-14(2)19(24-21(26)22-15-8-4-3-5-9-15)20(25)23-17-12-13-27-18-11-7-6-10-16(17)18/h3-11,14,17,19H,12-13H2,1-2H3,(H,23,25)(H2,22,24,26)/t17-,19-/m1/s1. The molecule has 1 aliphatic rings. The number of carbonyl (C=O) groups is 2. The van der Waals surface area contributed by atoms with Gasteiger partial charge in [0, 0.05) is 17.7 Å². The van der Waals surface area contributed by atoms with Crippen molar-refractivity contribution in [3.8, 4) is 5.75 Å². The molecule has 2 aromatic carbocycles. The van der Waals surface area contributed by atoms with Crippen molar-refractivity contribution in [3.63, 3.8) is 0 Å². The summed E-state index contributed by atoms with van der Waals surface area (Å²) in [5.74, 6) is 0.543. The highest BCUT2D eigenvalue weighted by Crippen LogP contribution is 2.31. The number of anilines is 1. The molecule has 3 N–H and O–H groups in total. The predicted octanol–water partition coefficient (Wildman–Crippen LogP) is 3.47. The number of fused-ring (bicyclic) bond motifs is 1. The van der Waals surface area contributed by atoms with Gasteiger partial charge < -0.3 is 20.7 Å². The second-order valence-electron chi connectivity index (χ2n) is 6.92. The van der Waals surface area contributed by atoms with Crippen LogP contribution in [0, 0.1) is 5.92 Å². The molecule has 0 aliphatic carbocycles. The van der Waals surface area contributed by atoms with Crippen LogP contribution in [-0.2, 0) is 4.79 Å². The summed E-state index contributed by atoms with van der Waals surface area (Å²) in [5, 5.41) is 8.60. The van der Waals surface area contributed by atoms with Crippen LogP contribution in [0.25, 0.3) is 0 Å². The van der Waals surface area contributed by atoms with Crippen LogP contribution in [0.1, 0.15) is 31.9 Å². The van der Waals surface area contributed by atoms with Gasteiger partial charge in [-0.15, -0.1) is 0 Å². The van der Waals surface area contributed by atoms with E-state index in [9.17, 15) is 9.59 Å². The summed E-state index contributed by atoms with van der Waals surface area (Å²) >= 11 is 0. The minimum Gasteiger partial charge on any atom is -0.493 e. The Labute approximate surface area is 159 Å². The maximum Gasteiger partial charge on any atom is 0.319 e. The highest BCUT2D eigenvalue weighted by Gasteiger charge is 2.29. The van der Waals surface area contributed by atoms with Gasteiger partial charge in [0.05, 0.1) is 12.6 Å². The average Bonchev–Trinajstić information content (AvgIpc) is 2.67. The zero-order chi connectivity index (χ0) is 19.2. The van der Waals surface area contributed by atoms with Crippen molar-refractivity contribution in [2.24, 2.45) is 5.92 Å². The summed E-state index contributed by atoms with van der Waals surface area (Å²) in [6.07, 6.45) is 0.698. The van der Waals surface area contributed by atoms with Gasteiger partial charge in [-0.2, -0.15) is 0 Å². The van der Waals surface area contributed by atoms with Crippen LogP contribution in [0.4, 0.5) is 10.5 Å². The van der Waals surface area contributed by atoms with Crippen LogP contribution >= 0.6 is 0 Å². The number of nitrogens with one attached hydrogen (secondary N) is 3. The summed E-state index contributed by atoms with van der Waals surface area (Å²) in [5.41, 5.74) is 1.64. The zero-order valence-electron chi connectivity index (χ0n) is 15.6. The molecule has 2 aromatic rings. The second kappa shape index (κ2) is 8.58. The van der Waals surface area contributed by atoms with E-state index in [2.05, 4.69) is 16.0 Å². The quantitative estimate of drug-likeness (QED) is 0.757. The van der Waals surface area contributed by atoms with Crippen molar-refractivity contribution in [2.75, 3.05) is 11.9 Å². The third-order valence-corrected chi connectivity index (χ3v) is 4.54. The molecule has 1 aliphatic heterocycles. The molecule has 0 saturated carbocycles. The van der Waals surface area contributed by atoms with Crippen molar-refractivity contribution in [3.05, 3.63) is 60.2 Å². The van der Waals surface area contributed by atoms with Crippen LogP contribution in [0.15, 0.2) is 54.6 Å². The maximum absolute atomic E-state index is 12.9. The molecule has 6 nitrogen and oxygen atoms in total. The number of carbonyl (C=O) groups excluding carboxylic acids is 2. The Morgan fingerprint density at radius 2 is 1.74 bits per heavy atom. The van der Waals surface area contributed by atoms with Gasteiger partial charge in [0.2, 0.25) is 5.91 Å². The number of rotatable bonds is 5. The van der Waals surface area contributed by atoms with Gasteiger partial charge in [-0.3, -0.25) is 4.79 Å². The second-order valence-corrected chi connectivity index (χ2v) is 6.92. The van der Waals surface area contributed by atoms with Crippen LogP contribution in [0.2, 0.25) is 0 Å². The van der Waals surface area contributed by atoms with Crippen LogP contribution in [0.3, 0.4) is 0 Å². The van der Waals surface area contributed by atoms with E-state index in [1.165, 1.54) is 0 Å². The Hall–Kier alpha value is -3.02. The molecule has 3 rings (SSSR count). The number of urea groups is 1. The van der Waals surface area contributed by atoms with Crippen molar-refractivity contribution in [2.45, 2.75) is 32.4 Å². The smallest absolute Gasteiger partial charge is 0.319 e.